The highest BCUT2D eigenvalue weighted by atomic mass is 32.2. The Labute approximate surface area is 115 Å². The fourth-order valence-corrected chi connectivity index (χ4v) is 2.37. The lowest BCUT2D eigenvalue weighted by Crippen LogP contribution is -2.35. The zero-order valence-corrected chi connectivity index (χ0v) is 12.0. The number of nitrogens with zero attached hydrogens (tertiary/aromatic N) is 3. The number of nitrogens with one attached hydrogen (secondary N) is 2. The maximum absolute atomic E-state index is 11.1. The van der Waals surface area contributed by atoms with Crippen molar-refractivity contribution in [3.63, 3.8) is 0 Å². The van der Waals surface area contributed by atoms with Gasteiger partial charge in [-0.25, -0.2) is 0 Å². The summed E-state index contributed by atoms with van der Waals surface area (Å²) in [4.78, 5) is 25.9. The molecule has 0 amide bonds. The second kappa shape index (κ2) is 7.11. The van der Waals surface area contributed by atoms with Crippen LogP contribution in [0.1, 0.15) is 20.3 Å². The van der Waals surface area contributed by atoms with E-state index in [2.05, 4.69) is 21.5 Å². The van der Waals surface area contributed by atoms with Crippen LogP contribution in [0.3, 0.4) is 0 Å². The van der Waals surface area contributed by atoms with Gasteiger partial charge in [-0.3, -0.25) is 24.7 Å². The van der Waals surface area contributed by atoms with Crippen LogP contribution in [0.15, 0.2) is 14.7 Å². The van der Waals surface area contributed by atoms with Gasteiger partial charge in [0.25, 0.3) is 0 Å². The molecule has 0 radical (unpaired) electrons. The average molecular weight is 283 g/mol. The Hall–Kier alpha value is -1.59. The van der Waals surface area contributed by atoms with Gasteiger partial charge in [0, 0.05) is 18.8 Å². The summed E-state index contributed by atoms with van der Waals surface area (Å²) >= 11 is 1.33. The minimum atomic E-state index is -0.794. The molecule has 1 heterocycles. The van der Waals surface area contributed by atoms with E-state index >= 15 is 0 Å². The SMILES string of the molecule is CC(C)NC(C#N)CCSc1nc(=O)c(=O)[nH]n1C. The van der Waals surface area contributed by atoms with Gasteiger partial charge in [0.15, 0.2) is 5.16 Å². The van der Waals surface area contributed by atoms with E-state index in [9.17, 15) is 9.59 Å². The quantitative estimate of drug-likeness (QED) is 0.555. The molecule has 0 aliphatic carbocycles. The summed E-state index contributed by atoms with van der Waals surface area (Å²) in [5, 5.41) is 14.9. The van der Waals surface area contributed by atoms with Crippen molar-refractivity contribution in [2.45, 2.75) is 37.5 Å². The van der Waals surface area contributed by atoms with E-state index in [1.54, 1.807) is 7.05 Å². The second-order valence-corrected chi connectivity index (χ2v) is 5.40. The van der Waals surface area contributed by atoms with Crippen LogP contribution in [0.2, 0.25) is 0 Å². The average Bonchev–Trinajstić information content (AvgIpc) is 2.33. The number of nitriles is 1. The van der Waals surface area contributed by atoms with E-state index in [-0.39, 0.29) is 12.1 Å². The van der Waals surface area contributed by atoms with Crippen LogP contribution in [-0.2, 0) is 7.05 Å². The summed E-state index contributed by atoms with van der Waals surface area (Å²) in [6, 6.07) is 2.20. The Bertz CT molecular complexity index is 572. The topological polar surface area (TPSA) is 104 Å². The molecule has 0 saturated heterocycles. The Morgan fingerprint density at radius 3 is 2.79 bits per heavy atom. The molecular formula is C11H17N5O2S. The molecule has 1 unspecified atom stereocenters. The number of aryl methyl sites for hydroxylation is 1. The highest BCUT2D eigenvalue weighted by Gasteiger charge is 2.10. The number of aromatic amines is 1. The van der Waals surface area contributed by atoms with Crippen LogP contribution >= 0.6 is 11.8 Å². The molecule has 0 bridgehead atoms. The largest absolute Gasteiger partial charge is 0.339 e. The van der Waals surface area contributed by atoms with Gasteiger partial charge < -0.3 is 0 Å². The molecule has 1 aromatic heterocycles. The summed E-state index contributed by atoms with van der Waals surface area (Å²) in [5.41, 5.74) is -1.53. The number of H-pyrrole nitrogens is 1. The highest BCUT2D eigenvalue weighted by molar-refractivity contribution is 7.99. The predicted molar refractivity (Wildman–Crippen MR) is 73.1 cm³/mol. The molecule has 7 nitrogen and oxygen atoms in total. The first kappa shape index (κ1) is 15.5. The van der Waals surface area contributed by atoms with E-state index in [0.717, 1.165) is 0 Å². The number of aromatic nitrogens is 3. The lowest BCUT2D eigenvalue weighted by molar-refractivity contribution is 0.521. The molecule has 1 aromatic rings. The third-order valence-corrected chi connectivity index (χ3v) is 3.34. The normalized spacial score (nSPS) is 12.4. The first-order chi connectivity index (χ1) is 8.93. The zero-order chi connectivity index (χ0) is 14.4. The molecule has 0 spiro atoms. The molecule has 19 heavy (non-hydrogen) atoms. The van der Waals surface area contributed by atoms with Crippen molar-refractivity contribution in [2.24, 2.45) is 7.05 Å². The molecular weight excluding hydrogens is 266 g/mol. The first-order valence-electron chi connectivity index (χ1n) is 5.90. The maximum atomic E-state index is 11.1. The van der Waals surface area contributed by atoms with Crippen molar-refractivity contribution in [3.8, 4) is 6.07 Å². The Balaban J connectivity index is 2.58. The van der Waals surface area contributed by atoms with Gasteiger partial charge in [0.05, 0.1) is 12.1 Å². The van der Waals surface area contributed by atoms with Crippen LogP contribution in [0.25, 0.3) is 0 Å². The molecule has 0 fully saturated rings. The van der Waals surface area contributed by atoms with Crippen LogP contribution in [0, 0.1) is 11.3 Å². The van der Waals surface area contributed by atoms with Gasteiger partial charge >= 0.3 is 11.1 Å². The van der Waals surface area contributed by atoms with Crippen molar-refractivity contribution in [3.05, 3.63) is 20.7 Å². The van der Waals surface area contributed by atoms with Crippen molar-refractivity contribution < 1.29 is 0 Å². The third kappa shape index (κ3) is 4.89. The predicted octanol–water partition coefficient (Wildman–Crippen LogP) is -0.159. The fraction of sp³-hybridized carbons (Fsp3) is 0.636. The van der Waals surface area contributed by atoms with E-state index in [1.165, 1.54) is 16.4 Å². The lowest BCUT2D eigenvalue weighted by Gasteiger charge is -2.14. The number of rotatable bonds is 6. The van der Waals surface area contributed by atoms with Gasteiger partial charge in [-0.05, 0) is 20.3 Å². The third-order valence-electron chi connectivity index (χ3n) is 2.28. The van der Waals surface area contributed by atoms with E-state index in [0.29, 0.717) is 17.3 Å². The summed E-state index contributed by atoms with van der Waals surface area (Å²) in [7, 11) is 1.62. The summed E-state index contributed by atoms with van der Waals surface area (Å²) < 4.78 is 1.41. The summed E-state index contributed by atoms with van der Waals surface area (Å²) in [5.74, 6) is 0.629. The zero-order valence-electron chi connectivity index (χ0n) is 11.1. The van der Waals surface area contributed by atoms with Crippen LogP contribution in [0.5, 0.6) is 0 Å². The van der Waals surface area contributed by atoms with Crippen molar-refractivity contribution in [2.75, 3.05) is 5.75 Å². The maximum Gasteiger partial charge on any atom is 0.339 e. The van der Waals surface area contributed by atoms with Crippen LogP contribution in [0.4, 0.5) is 0 Å². The van der Waals surface area contributed by atoms with Gasteiger partial charge in [-0.2, -0.15) is 10.2 Å². The van der Waals surface area contributed by atoms with E-state index in [4.69, 9.17) is 5.26 Å². The van der Waals surface area contributed by atoms with Crippen molar-refractivity contribution >= 4 is 11.8 Å². The molecule has 1 atom stereocenters. The highest BCUT2D eigenvalue weighted by Crippen LogP contribution is 2.13. The minimum absolute atomic E-state index is 0.229. The lowest BCUT2D eigenvalue weighted by atomic mass is 10.2. The summed E-state index contributed by atoms with van der Waals surface area (Å²) in [6.07, 6.45) is 0.633. The second-order valence-electron chi connectivity index (χ2n) is 4.34. The molecule has 104 valence electrons. The minimum Gasteiger partial charge on any atom is -0.300 e. The Morgan fingerprint density at radius 1 is 1.53 bits per heavy atom. The summed E-state index contributed by atoms with van der Waals surface area (Å²) in [6.45, 7) is 3.95. The smallest absolute Gasteiger partial charge is 0.300 e. The van der Waals surface area contributed by atoms with E-state index < -0.39 is 11.1 Å². The molecule has 0 aliphatic heterocycles. The van der Waals surface area contributed by atoms with E-state index in [1.807, 2.05) is 13.8 Å². The van der Waals surface area contributed by atoms with Gasteiger partial charge in [-0.15, -0.1) is 0 Å². The molecule has 1 rings (SSSR count). The van der Waals surface area contributed by atoms with Crippen LogP contribution in [-0.4, -0.2) is 32.6 Å². The molecule has 8 heteroatoms. The Morgan fingerprint density at radius 2 is 2.21 bits per heavy atom. The monoisotopic (exact) mass is 283 g/mol. The first-order valence-corrected chi connectivity index (χ1v) is 6.88. The Kier molecular flexibility index (Phi) is 5.79. The number of thioether (sulfide) groups is 1. The molecule has 0 aliphatic rings. The van der Waals surface area contributed by atoms with Gasteiger partial charge in [0.2, 0.25) is 0 Å². The molecule has 0 saturated carbocycles. The number of hydrogen-bond donors (Lipinski definition) is 2. The number of hydrogen-bond acceptors (Lipinski definition) is 6. The van der Waals surface area contributed by atoms with Gasteiger partial charge in [-0.1, -0.05) is 11.8 Å². The van der Waals surface area contributed by atoms with Crippen molar-refractivity contribution in [1.29, 1.82) is 5.26 Å². The van der Waals surface area contributed by atoms with Gasteiger partial charge in [0.1, 0.15) is 0 Å². The van der Waals surface area contributed by atoms with Crippen LogP contribution < -0.4 is 16.4 Å². The van der Waals surface area contributed by atoms with Crippen molar-refractivity contribution in [1.82, 2.24) is 20.1 Å². The standard InChI is InChI=1S/C11H17N5O2S/c1-7(2)13-8(6-12)4-5-19-11-14-9(17)10(18)15-16(11)3/h7-8,13H,4-5H2,1-3H3,(H,15,18). The molecule has 2 N–H and O–H groups in total. The fourth-order valence-electron chi connectivity index (χ4n) is 1.45. The molecule has 0 aromatic carbocycles.